The first-order chi connectivity index (χ1) is 24.3. The van der Waals surface area contributed by atoms with Crippen molar-refractivity contribution < 1.29 is 4.74 Å². The molecule has 2 aliphatic rings. The summed E-state index contributed by atoms with van der Waals surface area (Å²) in [4.78, 5) is 2.39. The molecule has 0 radical (unpaired) electrons. The minimum absolute atomic E-state index is 0.489. The average molecular weight is 626 g/mol. The molecule has 1 heterocycles. The Hall–Kier alpha value is -6.38. The molecule has 0 saturated carbocycles. The molecule has 0 saturated heterocycles. The van der Waals surface area contributed by atoms with Gasteiger partial charge in [-0.25, -0.2) is 0 Å². The fraction of sp³-hybridized carbons (Fsp3) is 0.0213. The van der Waals surface area contributed by atoms with Gasteiger partial charge >= 0.3 is 0 Å². The second-order valence-electron chi connectivity index (χ2n) is 12.8. The quantitative estimate of drug-likeness (QED) is 0.189. The number of fused-ring (bicyclic) bond motifs is 6. The maximum absolute atomic E-state index is 6.60. The number of para-hydroxylation sites is 2. The molecule has 230 valence electrons. The van der Waals surface area contributed by atoms with E-state index in [-0.39, 0.29) is 0 Å². The van der Waals surface area contributed by atoms with E-state index < -0.39 is 5.41 Å². The monoisotopic (exact) mass is 625 g/mol. The van der Waals surface area contributed by atoms with E-state index in [1.165, 1.54) is 55.3 Å². The molecule has 0 bridgehead atoms. The molecule has 0 fully saturated rings. The van der Waals surface area contributed by atoms with Crippen LogP contribution in [0, 0.1) is 0 Å². The van der Waals surface area contributed by atoms with Gasteiger partial charge in [-0.15, -0.1) is 0 Å². The Morgan fingerprint density at radius 3 is 1.82 bits per heavy atom. The molecule has 2 heteroatoms. The van der Waals surface area contributed by atoms with E-state index in [0.717, 1.165) is 28.6 Å². The molecule has 1 unspecified atom stereocenters. The largest absolute Gasteiger partial charge is 0.457 e. The number of nitrogens with zero attached hydrogens (tertiary/aromatic N) is 1. The number of rotatable bonds is 5. The van der Waals surface area contributed by atoms with E-state index in [0.29, 0.717) is 0 Å². The van der Waals surface area contributed by atoms with Gasteiger partial charge in [0, 0.05) is 27.9 Å². The summed E-state index contributed by atoms with van der Waals surface area (Å²) in [6, 6.07) is 67.8. The van der Waals surface area contributed by atoms with Crippen LogP contribution >= 0.6 is 0 Å². The zero-order chi connectivity index (χ0) is 32.4. The third-order valence-electron chi connectivity index (χ3n) is 10.3. The molecule has 2 nitrogen and oxygen atoms in total. The molecule has 8 aromatic carbocycles. The Balaban J connectivity index is 1.19. The molecule has 0 N–H and O–H groups in total. The van der Waals surface area contributed by atoms with Crippen LogP contribution in [0.2, 0.25) is 0 Å². The summed E-state index contributed by atoms with van der Waals surface area (Å²) in [6.07, 6.45) is 0. The standard InChI is InChI=1S/C47H31NO/c1-3-14-32(15-4-1)36-30-31-43(39-20-8-7-18-37(36)39)48(34-16-5-2-6-17-34)35-28-26-33(27-29-35)47-41-22-10-9-19-38(41)40-21-13-25-45(46(40)47)49-44-24-12-11-23-42(44)47/h1-31H. The molecule has 0 spiro atoms. The number of hydrogen-bond acceptors (Lipinski definition) is 2. The molecule has 1 aliphatic carbocycles. The maximum atomic E-state index is 6.60. The van der Waals surface area contributed by atoms with Gasteiger partial charge < -0.3 is 9.64 Å². The normalized spacial score (nSPS) is 15.2. The second-order valence-corrected chi connectivity index (χ2v) is 12.8. The summed E-state index contributed by atoms with van der Waals surface area (Å²) in [5.41, 5.74) is 12.7. The Morgan fingerprint density at radius 2 is 1.00 bits per heavy atom. The van der Waals surface area contributed by atoms with Crippen molar-refractivity contribution in [3.8, 4) is 33.8 Å². The minimum Gasteiger partial charge on any atom is -0.457 e. The van der Waals surface area contributed by atoms with Gasteiger partial charge in [-0.3, -0.25) is 0 Å². The molecule has 0 amide bonds. The van der Waals surface area contributed by atoms with Gasteiger partial charge in [0.05, 0.1) is 11.1 Å². The van der Waals surface area contributed by atoms with Gasteiger partial charge in [0.25, 0.3) is 0 Å². The third kappa shape index (κ3) is 4.01. The zero-order valence-corrected chi connectivity index (χ0v) is 26.8. The summed E-state index contributed by atoms with van der Waals surface area (Å²) in [5, 5.41) is 2.44. The van der Waals surface area contributed by atoms with Crippen LogP contribution in [0.25, 0.3) is 33.0 Å². The van der Waals surface area contributed by atoms with Crippen molar-refractivity contribution in [3.05, 3.63) is 210 Å². The highest BCUT2D eigenvalue weighted by Gasteiger charge is 2.51. The lowest BCUT2D eigenvalue weighted by molar-refractivity contribution is 0.438. The predicted molar refractivity (Wildman–Crippen MR) is 201 cm³/mol. The lowest BCUT2D eigenvalue weighted by Gasteiger charge is -2.39. The van der Waals surface area contributed by atoms with E-state index >= 15 is 0 Å². The summed E-state index contributed by atoms with van der Waals surface area (Å²) in [6.45, 7) is 0. The third-order valence-corrected chi connectivity index (χ3v) is 10.3. The van der Waals surface area contributed by atoms with E-state index in [1.54, 1.807) is 0 Å². The number of anilines is 3. The van der Waals surface area contributed by atoms with Crippen LogP contribution in [0.5, 0.6) is 11.5 Å². The summed E-state index contributed by atoms with van der Waals surface area (Å²) >= 11 is 0. The maximum Gasteiger partial charge on any atom is 0.132 e. The molecule has 0 aromatic heterocycles. The van der Waals surface area contributed by atoms with E-state index in [2.05, 4.69) is 193 Å². The Kier molecular flexibility index (Phi) is 6.13. The molecule has 1 aliphatic heterocycles. The van der Waals surface area contributed by atoms with Crippen LogP contribution in [0.3, 0.4) is 0 Å². The van der Waals surface area contributed by atoms with Crippen molar-refractivity contribution in [1.29, 1.82) is 0 Å². The number of hydrogen-bond donors (Lipinski definition) is 0. The van der Waals surface area contributed by atoms with Crippen LogP contribution in [0.15, 0.2) is 188 Å². The number of benzene rings is 8. The zero-order valence-electron chi connectivity index (χ0n) is 26.8. The molecule has 8 aromatic rings. The highest BCUT2D eigenvalue weighted by molar-refractivity contribution is 6.06. The molecule has 10 rings (SSSR count). The van der Waals surface area contributed by atoms with Gasteiger partial charge in [-0.05, 0) is 81.2 Å². The van der Waals surface area contributed by atoms with Crippen molar-refractivity contribution in [2.24, 2.45) is 0 Å². The van der Waals surface area contributed by atoms with E-state index in [1.807, 2.05) is 0 Å². The lowest BCUT2D eigenvalue weighted by Crippen LogP contribution is -2.32. The van der Waals surface area contributed by atoms with E-state index in [9.17, 15) is 0 Å². The van der Waals surface area contributed by atoms with Gasteiger partial charge in [0.2, 0.25) is 0 Å². The molecule has 1 atom stereocenters. The molecule has 49 heavy (non-hydrogen) atoms. The second kappa shape index (κ2) is 10.8. The molecular formula is C47H31NO. The van der Waals surface area contributed by atoms with Crippen molar-refractivity contribution >= 4 is 27.8 Å². The van der Waals surface area contributed by atoms with Crippen LogP contribution in [-0.2, 0) is 5.41 Å². The summed E-state index contributed by atoms with van der Waals surface area (Å²) in [7, 11) is 0. The Labute approximate surface area is 286 Å². The van der Waals surface area contributed by atoms with Crippen LogP contribution in [0.1, 0.15) is 22.3 Å². The van der Waals surface area contributed by atoms with Gasteiger partial charge in [0.15, 0.2) is 0 Å². The van der Waals surface area contributed by atoms with Crippen LogP contribution in [-0.4, -0.2) is 0 Å². The summed E-state index contributed by atoms with van der Waals surface area (Å²) in [5.74, 6) is 1.83. The van der Waals surface area contributed by atoms with Crippen molar-refractivity contribution in [2.75, 3.05) is 4.90 Å². The smallest absolute Gasteiger partial charge is 0.132 e. The SMILES string of the molecule is c1ccc(-c2ccc(N(c3ccccc3)c3ccc(C45c6ccccc6Oc6cccc(c64)-c4ccccc45)cc3)c3ccccc23)cc1. The fourth-order valence-electron chi connectivity index (χ4n) is 8.34. The fourth-order valence-corrected chi connectivity index (χ4v) is 8.34. The topological polar surface area (TPSA) is 12.5 Å². The first-order valence-electron chi connectivity index (χ1n) is 16.9. The van der Waals surface area contributed by atoms with Crippen molar-refractivity contribution in [3.63, 3.8) is 0 Å². The first kappa shape index (κ1) is 27.7. The average Bonchev–Trinajstić information content (AvgIpc) is 3.49. The van der Waals surface area contributed by atoms with Gasteiger partial charge in [0.1, 0.15) is 11.5 Å². The van der Waals surface area contributed by atoms with Gasteiger partial charge in [-0.1, -0.05) is 146 Å². The minimum atomic E-state index is -0.489. The predicted octanol–water partition coefficient (Wildman–Crippen LogP) is 12.4. The van der Waals surface area contributed by atoms with E-state index in [4.69, 9.17) is 4.74 Å². The van der Waals surface area contributed by atoms with Crippen molar-refractivity contribution in [2.45, 2.75) is 5.41 Å². The highest BCUT2D eigenvalue weighted by Crippen LogP contribution is 2.63. The highest BCUT2D eigenvalue weighted by atomic mass is 16.5. The first-order valence-corrected chi connectivity index (χ1v) is 16.9. The van der Waals surface area contributed by atoms with Crippen LogP contribution in [0.4, 0.5) is 17.1 Å². The summed E-state index contributed by atoms with van der Waals surface area (Å²) < 4.78 is 6.60. The Morgan fingerprint density at radius 1 is 0.388 bits per heavy atom. The van der Waals surface area contributed by atoms with Crippen molar-refractivity contribution in [1.82, 2.24) is 0 Å². The van der Waals surface area contributed by atoms with Crippen LogP contribution < -0.4 is 9.64 Å². The number of ether oxygens (including phenoxy) is 1. The molecular weight excluding hydrogens is 595 g/mol. The Bertz CT molecular complexity index is 2520. The van der Waals surface area contributed by atoms with Gasteiger partial charge in [-0.2, -0.15) is 0 Å². The lowest BCUT2D eigenvalue weighted by atomic mass is 9.66.